The van der Waals surface area contributed by atoms with E-state index in [9.17, 15) is 10.3 Å². The Kier molecular flexibility index (Phi) is 3.46. The van der Waals surface area contributed by atoms with E-state index in [4.69, 9.17) is 14.7 Å². The molecule has 0 aromatic heterocycles. The maximum absolute atomic E-state index is 11.1. The molecule has 5 atom stereocenters. The van der Waals surface area contributed by atoms with E-state index in [-0.39, 0.29) is 6.42 Å². The average Bonchev–Trinajstić information content (AvgIpc) is 2.02. The van der Waals surface area contributed by atoms with Crippen LogP contribution in [0.15, 0.2) is 0 Å². The van der Waals surface area contributed by atoms with E-state index in [2.05, 4.69) is 0 Å². The second-order valence-corrected chi connectivity index (χ2v) is 3.88. The summed E-state index contributed by atoms with van der Waals surface area (Å²) < 4.78 is 10.2. The second-order valence-electron chi connectivity index (χ2n) is 3.88. The zero-order valence-electron chi connectivity index (χ0n) is 8.56. The van der Waals surface area contributed by atoms with E-state index in [1.807, 2.05) is 0 Å². The zero-order chi connectivity index (χ0) is 10.9. The fraction of sp³-hybridized carbons (Fsp3) is 1.00. The molecule has 3 N–H and O–H groups in total. The molecule has 0 bridgehead atoms. The maximum Gasteiger partial charge on any atom is 0.161 e. The summed E-state index contributed by atoms with van der Waals surface area (Å²) in [6, 6.07) is 0. The molecule has 0 aliphatic carbocycles. The lowest BCUT2D eigenvalue weighted by molar-refractivity contribution is -1.09. The molecular formula is C8H17NO5. The van der Waals surface area contributed by atoms with Gasteiger partial charge in [-0.05, 0) is 13.8 Å². The van der Waals surface area contributed by atoms with Gasteiger partial charge in [0.2, 0.25) is 0 Å². The molecule has 0 aromatic rings. The number of aliphatic hydroxyl groups is 1. The van der Waals surface area contributed by atoms with Crippen molar-refractivity contribution < 1.29 is 25.0 Å². The molecule has 1 saturated heterocycles. The summed E-state index contributed by atoms with van der Waals surface area (Å²) in [5.41, 5.74) is -1.09. The number of hydrogen-bond donors (Lipinski definition) is 3. The quantitative estimate of drug-likeness (QED) is 0.488. The van der Waals surface area contributed by atoms with Crippen molar-refractivity contribution in [3.05, 3.63) is 5.21 Å². The normalized spacial score (nSPS) is 46.3. The first-order valence-electron chi connectivity index (χ1n) is 4.51. The number of methoxy groups -OCH3 is 1. The number of aliphatic hydroxyl groups excluding tert-OH is 1. The summed E-state index contributed by atoms with van der Waals surface area (Å²) in [5.74, 6) is 0. The predicted octanol–water partition coefficient (Wildman–Crippen LogP) is -1.34. The van der Waals surface area contributed by atoms with E-state index in [1.165, 1.54) is 7.11 Å². The lowest BCUT2D eigenvalue weighted by Gasteiger charge is -2.46. The van der Waals surface area contributed by atoms with Crippen molar-refractivity contribution in [3.63, 3.8) is 0 Å². The molecule has 1 rings (SSSR count). The standard InChI is InChI=1S/C8H17NO5/c1-5-7(13-3)8(2,9(11)12)4-6(10)14-5/h5-7,9-11H,4H2,1-3H3/t5-,6-,7+,8-/m1/s1. The fourth-order valence-corrected chi connectivity index (χ4v) is 2.02. The molecule has 14 heavy (non-hydrogen) atoms. The number of hydrogen-bond acceptors (Lipinski definition) is 5. The molecule has 6 nitrogen and oxygen atoms in total. The minimum Gasteiger partial charge on any atom is -0.600 e. The Morgan fingerprint density at radius 1 is 1.64 bits per heavy atom. The highest BCUT2D eigenvalue weighted by molar-refractivity contribution is 4.91. The smallest absolute Gasteiger partial charge is 0.161 e. The Balaban J connectivity index is 2.87. The maximum atomic E-state index is 11.1. The SMILES string of the molecule is CO[C@H]1[C@@H](C)O[C@@H](O)C[C@@]1(C)[NH+]([O-])O. The van der Waals surface area contributed by atoms with Crippen molar-refractivity contribution in [3.8, 4) is 0 Å². The number of hydroxylamine groups is 2. The van der Waals surface area contributed by atoms with Gasteiger partial charge in [-0.1, -0.05) is 0 Å². The molecule has 1 heterocycles. The van der Waals surface area contributed by atoms with Gasteiger partial charge in [0.15, 0.2) is 11.8 Å². The van der Waals surface area contributed by atoms with Crippen LogP contribution < -0.4 is 5.23 Å². The minimum atomic E-state index is -1.09. The van der Waals surface area contributed by atoms with Gasteiger partial charge in [-0.15, -0.1) is 0 Å². The Labute approximate surface area is 82.6 Å². The Hall–Kier alpha value is -0.240. The zero-order valence-corrected chi connectivity index (χ0v) is 8.56. The second kappa shape index (κ2) is 4.09. The third-order valence-electron chi connectivity index (χ3n) is 2.77. The number of quaternary nitrogens is 1. The Bertz CT molecular complexity index is 200. The highest BCUT2D eigenvalue weighted by atomic mass is 16.8. The van der Waals surface area contributed by atoms with Gasteiger partial charge in [0.1, 0.15) is 6.10 Å². The van der Waals surface area contributed by atoms with Crippen LogP contribution in [0.5, 0.6) is 0 Å². The van der Waals surface area contributed by atoms with E-state index < -0.39 is 29.3 Å². The summed E-state index contributed by atoms with van der Waals surface area (Å²) in [6.07, 6.45) is -1.95. The average molecular weight is 207 g/mol. The van der Waals surface area contributed by atoms with Crippen LogP contribution in [0.2, 0.25) is 0 Å². The fourth-order valence-electron chi connectivity index (χ4n) is 2.02. The van der Waals surface area contributed by atoms with Crippen molar-refractivity contribution >= 4 is 0 Å². The molecule has 6 heteroatoms. The van der Waals surface area contributed by atoms with Gasteiger partial charge in [-0.25, -0.2) is 10.4 Å². The monoisotopic (exact) mass is 207 g/mol. The van der Waals surface area contributed by atoms with Crippen LogP contribution in [0, 0.1) is 5.21 Å². The lowest BCUT2D eigenvalue weighted by atomic mass is 9.85. The molecule has 1 fully saturated rings. The third-order valence-corrected chi connectivity index (χ3v) is 2.77. The number of rotatable bonds is 2. The summed E-state index contributed by atoms with van der Waals surface area (Å²) in [5, 5.41) is 28.5. The van der Waals surface area contributed by atoms with E-state index in [0.717, 1.165) is 0 Å². The molecule has 1 aliphatic heterocycles. The highest BCUT2D eigenvalue weighted by Crippen LogP contribution is 2.27. The van der Waals surface area contributed by atoms with Crippen molar-refractivity contribution in [2.45, 2.75) is 44.3 Å². The van der Waals surface area contributed by atoms with Gasteiger partial charge in [-0.3, -0.25) is 0 Å². The lowest BCUT2D eigenvalue weighted by Crippen LogP contribution is -3.16. The van der Waals surface area contributed by atoms with Crippen LogP contribution in [-0.4, -0.2) is 41.5 Å². The molecule has 0 saturated carbocycles. The molecular weight excluding hydrogens is 190 g/mol. The van der Waals surface area contributed by atoms with Crippen molar-refractivity contribution in [1.82, 2.24) is 0 Å². The number of ether oxygens (including phenoxy) is 2. The van der Waals surface area contributed by atoms with Crippen molar-refractivity contribution in [2.24, 2.45) is 0 Å². The molecule has 0 spiro atoms. The van der Waals surface area contributed by atoms with Gasteiger partial charge in [0.05, 0.1) is 12.5 Å². The molecule has 1 aliphatic rings. The predicted molar refractivity (Wildman–Crippen MR) is 46.5 cm³/mol. The van der Waals surface area contributed by atoms with Gasteiger partial charge in [0.25, 0.3) is 0 Å². The summed E-state index contributed by atoms with van der Waals surface area (Å²) in [6.45, 7) is 3.25. The summed E-state index contributed by atoms with van der Waals surface area (Å²) in [4.78, 5) is 0. The topological polar surface area (TPSA) is 86.4 Å². The van der Waals surface area contributed by atoms with E-state index in [0.29, 0.717) is 0 Å². The van der Waals surface area contributed by atoms with Crippen LogP contribution >= 0.6 is 0 Å². The molecule has 1 unspecified atom stereocenters. The first-order chi connectivity index (χ1) is 6.41. The van der Waals surface area contributed by atoms with Crippen molar-refractivity contribution in [1.29, 1.82) is 0 Å². The van der Waals surface area contributed by atoms with Gasteiger partial charge in [-0.2, -0.15) is 0 Å². The molecule has 0 amide bonds. The molecule has 0 radical (unpaired) electrons. The van der Waals surface area contributed by atoms with E-state index >= 15 is 0 Å². The number of nitrogens with one attached hydrogen (secondary N) is 1. The third kappa shape index (κ3) is 1.90. The van der Waals surface area contributed by atoms with Crippen LogP contribution in [0.1, 0.15) is 20.3 Å². The Morgan fingerprint density at radius 3 is 2.64 bits per heavy atom. The van der Waals surface area contributed by atoms with Crippen LogP contribution in [0.3, 0.4) is 0 Å². The highest BCUT2D eigenvalue weighted by Gasteiger charge is 2.50. The minimum absolute atomic E-state index is 0.0468. The van der Waals surface area contributed by atoms with Crippen LogP contribution in [0.4, 0.5) is 0 Å². The molecule has 84 valence electrons. The molecule has 0 aromatic carbocycles. The van der Waals surface area contributed by atoms with Crippen LogP contribution in [-0.2, 0) is 9.47 Å². The first kappa shape index (κ1) is 11.8. The van der Waals surface area contributed by atoms with Crippen molar-refractivity contribution in [2.75, 3.05) is 7.11 Å². The summed E-state index contributed by atoms with van der Waals surface area (Å²) in [7, 11) is 1.45. The Morgan fingerprint density at radius 2 is 2.21 bits per heavy atom. The van der Waals surface area contributed by atoms with E-state index in [1.54, 1.807) is 13.8 Å². The summed E-state index contributed by atoms with van der Waals surface area (Å²) >= 11 is 0. The largest absolute Gasteiger partial charge is 0.600 e. The van der Waals surface area contributed by atoms with Crippen LogP contribution in [0.25, 0.3) is 0 Å². The van der Waals surface area contributed by atoms with Gasteiger partial charge in [0, 0.05) is 7.11 Å². The first-order valence-corrected chi connectivity index (χ1v) is 4.51. The van der Waals surface area contributed by atoms with Gasteiger partial charge >= 0.3 is 0 Å². The van der Waals surface area contributed by atoms with Gasteiger partial charge < -0.3 is 19.8 Å².